The van der Waals surface area contributed by atoms with E-state index in [9.17, 15) is 13.2 Å². The van der Waals surface area contributed by atoms with Crippen molar-refractivity contribution in [2.45, 2.75) is 45.7 Å². The molecule has 1 aromatic rings. The smallest absolute Gasteiger partial charge is 0.489 e. The lowest BCUT2D eigenvalue weighted by atomic mass is 10.2. The minimum absolute atomic E-state index is 0.0215. The quantitative estimate of drug-likeness (QED) is 0.830. The maximum Gasteiger partial charge on any atom is 0.573 e. The Labute approximate surface area is 117 Å². The Balaban J connectivity index is 2.55. The second-order valence-corrected chi connectivity index (χ2v) is 4.73. The van der Waals surface area contributed by atoms with Gasteiger partial charge in [0.1, 0.15) is 17.6 Å². The molecular formula is C14H20F3NO2. The predicted octanol–water partition coefficient (Wildman–Crippen LogP) is 3.74. The van der Waals surface area contributed by atoms with Gasteiger partial charge < -0.3 is 14.8 Å². The summed E-state index contributed by atoms with van der Waals surface area (Å²) in [5, 5.41) is 3.26. The highest BCUT2D eigenvalue weighted by atomic mass is 19.4. The van der Waals surface area contributed by atoms with Gasteiger partial charge in [-0.1, -0.05) is 20.8 Å². The van der Waals surface area contributed by atoms with Crippen LogP contribution < -0.4 is 14.8 Å². The molecule has 0 aliphatic rings. The summed E-state index contributed by atoms with van der Waals surface area (Å²) in [6.07, 6.45) is -3.89. The van der Waals surface area contributed by atoms with E-state index in [0.29, 0.717) is 18.3 Å². The molecule has 0 aliphatic carbocycles. The molecule has 1 rings (SSSR count). The Morgan fingerprint density at radius 2 is 1.65 bits per heavy atom. The van der Waals surface area contributed by atoms with Gasteiger partial charge in [0.25, 0.3) is 0 Å². The molecule has 0 aromatic heterocycles. The first-order chi connectivity index (χ1) is 9.30. The lowest BCUT2D eigenvalue weighted by molar-refractivity contribution is -0.274. The number of halogens is 3. The monoisotopic (exact) mass is 291 g/mol. The molecule has 0 saturated carbocycles. The molecule has 1 aromatic carbocycles. The number of rotatable bonds is 7. The van der Waals surface area contributed by atoms with Gasteiger partial charge in [0.05, 0.1) is 0 Å². The molecular weight excluding hydrogens is 271 g/mol. The van der Waals surface area contributed by atoms with E-state index in [-0.39, 0.29) is 11.9 Å². The summed E-state index contributed by atoms with van der Waals surface area (Å²) >= 11 is 0. The normalized spacial score (nSPS) is 13.3. The highest BCUT2D eigenvalue weighted by Crippen LogP contribution is 2.25. The highest BCUT2D eigenvalue weighted by molar-refractivity contribution is 5.31. The summed E-state index contributed by atoms with van der Waals surface area (Å²) in [6, 6.07) is 5.78. The van der Waals surface area contributed by atoms with Crippen LogP contribution in [0.2, 0.25) is 0 Å². The summed E-state index contributed by atoms with van der Waals surface area (Å²) in [4.78, 5) is 0. The molecule has 0 heterocycles. The van der Waals surface area contributed by atoms with Gasteiger partial charge in [-0.2, -0.15) is 0 Å². The van der Waals surface area contributed by atoms with E-state index in [1.54, 1.807) is 0 Å². The molecule has 0 radical (unpaired) electrons. The maximum absolute atomic E-state index is 12.0. The Kier molecular flexibility index (Phi) is 6.13. The first-order valence-electron chi connectivity index (χ1n) is 6.56. The lowest BCUT2D eigenvalue weighted by Gasteiger charge is -2.20. The molecule has 0 amide bonds. The van der Waals surface area contributed by atoms with Crippen molar-refractivity contribution in [1.29, 1.82) is 0 Å². The van der Waals surface area contributed by atoms with Crippen LogP contribution in [0.15, 0.2) is 24.3 Å². The van der Waals surface area contributed by atoms with Crippen LogP contribution in [0, 0.1) is 0 Å². The van der Waals surface area contributed by atoms with Crippen LogP contribution in [0.1, 0.15) is 27.2 Å². The number of benzene rings is 1. The fraction of sp³-hybridized carbons (Fsp3) is 0.571. The fourth-order valence-corrected chi connectivity index (χ4v) is 1.55. The van der Waals surface area contributed by atoms with Crippen LogP contribution in [0.4, 0.5) is 13.2 Å². The van der Waals surface area contributed by atoms with E-state index < -0.39 is 6.36 Å². The van der Waals surface area contributed by atoms with Gasteiger partial charge in [0, 0.05) is 12.6 Å². The second kappa shape index (κ2) is 7.38. The number of hydrogen-bond donors (Lipinski definition) is 1. The van der Waals surface area contributed by atoms with Crippen LogP contribution >= 0.6 is 0 Å². The number of nitrogens with one attached hydrogen (secondary N) is 1. The number of alkyl halides is 3. The summed E-state index contributed by atoms with van der Waals surface area (Å²) < 4.78 is 45.6. The van der Waals surface area contributed by atoms with E-state index in [0.717, 1.165) is 6.42 Å². The lowest BCUT2D eigenvalue weighted by Crippen LogP contribution is -2.34. The number of ether oxygens (including phenoxy) is 2. The molecule has 0 aliphatic heterocycles. The maximum atomic E-state index is 12.0. The number of hydrogen-bond acceptors (Lipinski definition) is 3. The molecule has 114 valence electrons. The molecule has 3 nitrogen and oxygen atoms in total. The predicted molar refractivity (Wildman–Crippen MR) is 71.0 cm³/mol. The van der Waals surface area contributed by atoms with Crippen molar-refractivity contribution >= 4 is 0 Å². The largest absolute Gasteiger partial charge is 0.573 e. The zero-order valence-corrected chi connectivity index (χ0v) is 11.8. The van der Waals surface area contributed by atoms with Crippen molar-refractivity contribution in [3.63, 3.8) is 0 Å². The summed E-state index contributed by atoms with van der Waals surface area (Å²) in [5.74, 6) is 0.273. The van der Waals surface area contributed by atoms with Gasteiger partial charge in [0.15, 0.2) is 0 Å². The zero-order chi connectivity index (χ0) is 15.2. The molecule has 0 fully saturated rings. The van der Waals surface area contributed by atoms with Gasteiger partial charge in [0.2, 0.25) is 0 Å². The topological polar surface area (TPSA) is 30.5 Å². The third-order valence-electron chi connectivity index (χ3n) is 2.57. The average Bonchev–Trinajstić information content (AvgIpc) is 2.34. The van der Waals surface area contributed by atoms with E-state index in [1.165, 1.54) is 24.3 Å². The van der Waals surface area contributed by atoms with Crippen molar-refractivity contribution in [2.24, 2.45) is 0 Å². The first kappa shape index (κ1) is 16.6. The van der Waals surface area contributed by atoms with Crippen molar-refractivity contribution < 1.29 is 22.6 Å². The standard InChI is InChI=1S/C14H20F3NO2/c1-4-11(9-18-10(2)3)19-12-5-7-13(8-6-12)20-14(15,16)17/h5-8,10-11,18H,4,9H2,1-3H3. The van der Waals surface area contributed by atoms with Gasteiger partial charge in [-0.15, -0.1) is 13.2 Å². The highest BCUT2D eigenvalue weighted by Gasteiger charge is 2.31. The van der Waals surface area contributed by atoms with Gasteiger partial charge in [-0.25, -0.2) is 0 Å². The summed E-state index contributed by atoms with van der Waals surface area (Å²) in [5.41, 5.74) is 0. The molecule has 0 bridgehead atoms. The molecule has 6 heteroatoms. The molecule has 20 heavy (non-hydrogen) atoms. The van der Waals surface area contributed by atoms with E-state index in [1.807, 2.05) is 20.8 Å². The Morgan fingerprint density at radius 1 is 1.10 bits per heavy atom. The Morgan fingerprint density at radius 3 is 2.10 bits per heavy atom. The fourth-order valence-electron chi connectivity index (χ4n) is 1.55. The van der Waals surface area contributed by atoms with Gasteiger partial charge >= 0.3 is 6.36 Å². The van der Waals surface area contributed by atoms with Crippen LogP contribution in [-0.2, 0) is 0 Å². The summed E-state index contributed by atoms with van der Waals surface area (Å²) in [6.45, 7) is 6.76. The minimum atomic E-state index is -4.67. The molecule has 0 spiro atoms. The van der Waals surface area contributed by atoms with Crippen molar-refractivity contribution in [3.8, 4) is 11.5 Å². The zero-order valence-electron chi connectivity index (χ0n) is 11.8. The molecule has 0 saturated heterocycles. The third-order valence-corrected chi connectivity index (χ3v) is 2.57. The van der Waals surface area contributed by atoms with Gasteiger partial charge in [-0.3, -0.25) is 0 Å². The SMILES string of the molecule is CCC(CNC(C)C)Oc1ccc(OC(F)(F)F)cc1. The van der Waals surface area contributed by atoms with E-state index in [4.69, 9.17) is 4.74 Å². The van der Waals surface area contributed by atoms with Gasteiger partial charge in [-0.05, 0) is 30.7 Å². The summed E-state index contributed by atoms with van der Waals surface area (Å²) in [7, 11) is 0. The van der Waals surface area contributed by atoms with Crippen LogP contribution in [-0.4, -0.2) is 25.1 Å². The molecule has 1 atom stereocenters. The van der Waals surface area contributed by atoms with Crippen molar-refractivity contribution in [2.75, 3.05) is 6.54 Å². The Hall–Kier alpha value is -1.43. The van der Waals surface area contributed by atoms with Crippen LogP contribution in [0.5, 0.6) is 11.5 Å². The second-order valence-electron chi connectivity index (χ2n) is 4.73. The van der Waals surface area contributed by atoms with E-state index >= 15 is 0 Å². The third kappa shape index (κ3) is 6.65. The van der Waals surface area contributed by atoms with E-state index in [2.05, 4.69) is 10.1 Å². The molecule has 1 N–H and O–H groups in total. The van der Waals surface area contributed by atoms with Crippen molar-refractivity contribution in [3.05, 3.63) is 24.3 Å². The van der Waals surface area contributed by atoms with Crippen LogP contribution in [0.25, 0.3) is 0 Å². The Bertz CT molecular complexity index is 390. The first-order valence-corrected chi connectivity index (χ1v) is 6.56. The minimum Gasteiger partial charge on any atom is -0.489 e. The average molecular weight is 291 g/mol. The van der Waals surface area contributed by atoms with Crippen LogP contribution in [0.3, 0.4) is 0 Å². The van der Waals surface area contributed by atoms with Crippen molar-refractivity contribution in [1.82, 2.24) is 5.32 Å². The molecule has 1 unspecified atom stereocenters.